The molecule has 17 heavy (non-hydrogen) atoms. The molecule has 1 aromatic rings. The summed E-state index contributed by atoms with van der Waals surface area (Å²) in [5, 5.41) is 0. The predicted octanol–water partition coefficient (Wildman–Crippen LogP) is 2.73. The SMILES string of the molecule is COC(=O)C1(C2(c3ccc(Br)s3)COC2)CC1. The Hall–Kier alpha value is -0.390. The minimum atomic E-state index is -0.329. The van der Waals surface area contributed by atoms with Gasteiger partial charge in [0, 0.05) is 4.88 Å². The largest absolute Gasteiger partial charge is 0.469 e. The van der Waals surface area contributed by atoms with Crippen molar-refractivity contribution in [1.29, 1.82) is 0 Å². The van der Waals surface area contributed by atoms with Gasteiger partial charge in [-0.05, 0) is 40.9 Å². The Morgan fingerprint density at radius 1 is 1.47 bits per heavy atom. The average Bonchev–Trinajstić information content (AvgIpc) is 2.95. The number of rotatable bonds is 3. The van der Waals surface area contributed by atoms with Crippen LogP contribution in [0.3, 0.4) is 0 Å². The van der Waals surface area contributed by atoms with Crippen molar-refractivity contribution in [3.8, 4) is 0 Å². The highest BCUT2D eigenvalue weighted by molar-refractivity contribution is 9.11. The molecule has 0 amide bonds. The highest BCUT2D eigenvalue weighted by atomic mass is 79.9. The number of methoxy groups -OCH3 is 1. The van der Waals surface area contributed by atoms with Gasteiger partial charge in [0.15, 0.2) is 0 Å². The molecule has 92 valence electrons. The maximum Gasteiger partial charge on any atom is 0.312 e. The van der Waals surface area contributed by atoms with Crippen LogP contribution in [-0.2, 0) is 19.7 Å². The molecule has 5 heteroatoms. The fraction of sp³-hybridized carbons (Fsp3) is 0.583. The summed E-state index contributed by atoms with van der Waals surface area (Å²) in [6.45, 7) is 1.27. The Labute approximate surface area is 112 Å². The molecule has 0 N–H and O–H groups in total. The Bertz CT molecular complexity index is 460. The highest BCUT2D eigenvalue weighted by Crippen LogP contribution is 2.64. The molecule has 2 fully saturated rings. The summed E-state index contributed by atoms with van der Waals surface area (Å²) in [5.41, 5.74) is -0.471. The first kappa shape index (κ1) is 11.7. The van der Waals surface area contributed by atoms with Crippen molar-refractivity contribution in [2.75, 3.05) is 20.3 Å². The zero-order valence-electron chi connectivity index (χ0n) is 9.49. The lowest BCUT2D eigenvalue weighted by Gasteiger charge is -2.46. The Balaban J connectivity index is 2.01. The lowest BCUT2D eigenvalue weighted by atomic mass is 9.69. The molecule has 1 saturated carbocycles. The predicted molar refractivity (Wildman–Crippen MR) is 68.2 cm³/mol. The fourth-order valence-corrected chi connectivity index (χ4v) is 4.38. The Morgan fingerprint density at radius 2 is 2.18 bits per heavy atom. The molecule has 2 heterocycles. The molecule has 0 atom stereocenters. The summed E-state index contributed by atoms with van der Waals surface area (Å²) >= 11 is 5.17. The van der Waals surface area contributed by atoms with Gasteiger partial charge in [-0.15, -0.1) is 11.3 Å². The van der Waals surface area contributed by atoms with Crippen molar-refractivity contribution in [3.05, 3.63) is 20.8 Å². The zero-order chi connectivity index (χ0) is 12.1. The second kappa shape index (κ2) is 3.80. The van der Waals surface area contributed by atoms with E-state index in [-0.39, 0.29) is 16.8 Å². The van der Waals surface area contributed by atoms with E-state index in [9.17, 15) is 4.79 Å². The molecule has 1 aromatic heterocycles. The summed E-state index contributed by atoms with van der Waals surface area (Å²) in [6, 6.07) is 4.13. The van der Waals surface area contributed by atoms with Gasteiger partial charge in [0.2, 0.25) is 0 Å². The third kappa shape index (κ3) is 1.45. The van der Waals surface area contributed by atoms with Gasteiger partial charge in [0.05, 0.1) is 34.9 Å². The summed E-state index contributed by atoms with van der Waals surface area (Å²) in [7, 11) is 1.47. The average molecular weight is 317 g/mol. The van der Waals surface area contributed by atoms with Crippen LogP contribution in [0.1, 0.15) is 17.7 Å². The van der Waals surface area contributed by atoms with Crippen molar-refractivity contribution in [1.82, 2.24) is 0 Å². The Morgan fingerprint density at radius 3 is 2.53 bits per heavy atom. The molecule has 0 radical (unpaired) electrons. The van der Waals surface area contributed by atoms with Crippen LogP contribution in [0.2, 0.25) is 0 Å². The van der Waals surface area contributed by atoms with Crippen LogP contribution in [-0.4, -0.2) is 26.3 Å². The van der Waals surface area contributed by atoms with Crippen molar-refractivity contribution in [2.45, 2.75) is 18.3 Å². The number of carbonyl (C=O) groups is 1. The van der Waals surface area contributed by atoms with Gasteiger partial charge in [-0.3, -0.25) is 4.79 Å². The van der Waals surface area contributed by atoms with Gasteiger partial charge >= 0.3 is 5.97 Å². The first-order chi connectivity index (χ1) is 8.14. The lowest BCUT2D eigenvalue weighted by Crippen LogP contribution is -2.56. The first-order valence-electron chi connectivity index (χ1n) is 5.57. The van der Waals surface area contributed by atoms with Crippen LogP contribution >= 0.6 is 27.3 Å². The molecule has 1 aliphatic carbocycles. The number of thiophene rings is 1. The van der Waals surface area contributed by atoms with E-state index in [1.165, 1.54) is 12.0 Å². The monoisotopic (exact) mass is 316 g/mol. The van der Waals surface area contributed by atoms with Gasteiger partial charge in [-0.1, -0.05) is 0 Å². The van der Waals surface area contributed by atoms with Gasteiger partial charge in [-0.25, -0.2) is 0 Å². The van der Waals surface area contributed by atoms with Crippen LogP contribution < -0.4 is 0 Å². The summed E-state index contributed by atoms with van der Waals surface area (Å²) in [6.07, 6.45) is 1.83. The molecule has 0 unspecified atom stereocenters. The number of halogens is 1. The number of ether oxygens (including phenoxy) is 2. The summed E-state index contributed by atoms with van der Waals surface area (Å²) in [5.74, 6) is -0.0784. The van der Waals surface area contributed by atoms with Gasteiger partial charge in [0.1, 0.15) is 0 Å². The first-order valence-corrected chi connectivity index (χ1v) is 7.18. The molecule has 3 rings (SSSR count). The quantitative estimate of drug-likeness (QED) is 0.804. The van der Waals surface area contributed by atoms with E-state index in [4.69, 9.17) is 9.47 Å². The number of carbonyl (C=O) groups excluding carboxylic acids is 1. The maximum absolute atomic E-state index is 12.0. The normalized spacial score (nSPS) is 23.9. The van der Waals surface area contributed by atoms with Crippen molar-refractivity contribution >= 4 is 33.2 Å². The number of hydrogen-bond donors (Lipinski definition) is 0. The van der Waals surface area contributed by atoms with Crippen molar-refractivity contribution in [3.63, 3.8) is 0 Å². The molecule has 1 saturated heterocycles. The molecule has 3 nitrogen and oxygen atoms in total. The molecule has 0 aromatic carbocycles. The van der Waals surface area contributed by atoms with E-state index in [2.05, 4.69) is 22.0 Å². The second-order valence-electron chi connectivity index (χ2n) is 4.75. The van der Waals surface area contributed by atoms with Crippen molar-refractivity contribution < 1.29 is 14.3 Å². The molecule has 1 aliphatic heterocycles. The standard InChI is InChI=1S/C12H13BrO3S/c1-15-10(14)11(4-5-11)12(6-16-7-12)8-2-3-9(13)17-8/h2-3H,4-7H2,1H3. The molecular weight excluding hydrogens is 304 g/mol. The number of esters is 1. The maximum atomic E-state index is 12.0. The van der Waals surface area contributed by atoms with Crippen LogP contribution in [0, 0.1) is 5.41 Å². The van der Waals surface area contributed by atoms with Crippen LogP contribution in [0.25, 0.3) is 0 Å². The summed E-state index contributed by atoms with van der Waals surface area (Å²) < 4.78 is 11.5. The van der Waals surface area contributed by atoms with E-state index < -0.39 is 0 Å². The minimum Gasteiger partial charge on any atom is -0.469 e. The molecule has 2 aliphatic rings. The molecular formula is C12H13BrO3S. The third-order valence-corrected chi connectivity index (χ3v) is 5.81. The van der Waals surface area contributed by atoms with Gasteiger partial charge in [-0.2, -0.15) is 0 Å². The van der Waals surface area contributed by atoms with Crippen LogP contribution in [0.15, 0.2) is 15.9 Å². The fourth-order valence-electron chi connectivity index (χ4n) is 2.73. The molecule has 0 spiro atoms. The van der Waals surface area contributed by atoms with E-state index in [0.717, 1.165) is 16.6 Å². The van der Waals surface area contributed by atoms with Crippen LogP contribution in [0.5, 0.6) is 0 Å². The van der Waals surface area contributed by atoms with E-state index >= 15 is 0 Å². The van der Waals surface area contributed by atoms with E-state index in [1.54, 1.807) is 11.3 Å². The zero-order valence-corrected chi connectivity index (χ0v) is 11.9. The van der Waals surface area contributed by atoms with E-state index in [0.29, 0.717) is 13.2 Å². The minimum absolute atomic E-state index is 0.0784. The highest BCUT2D eigenvalue weighted by Gasteiger charge is 2.69. The lowest BCUT2D eigenvalue weighted by molar-refractivity contribution is -0.164. The summed E-state index contributed by atoms with van der Waals surface area (Å²) in [4.78, 5) is 13.3. The topological polar surface area (TPSA) is 35.5 Å². The van der Waals surface area contributed by atoms with Crippen LogP contribution in [0.4, 0.5) is 0 Å². The smallest absolute Gasteiger partial charge is 0.312 e. The van der Waals surface area contributed by atoms with E-state index in [1.807, 2.05) is 6.07 Å². The van der Waals surface area contributed by atoms with Gasteiger partial charge in [0.25, 0.3) is 0 Å². The van der Waals surface area contributed by atoms with Gasteiger partial charge < -0.3 is 9.47 Å². The Kier molecular flexibility index (Phi) is 2.61. The molecule has 0 bridgehead atoms. The third-order valence-electron chi connectivity index (χ3n) is 3.98. The van der Waals surface area contributed by atoms with Crippen molar-refractivity contribution in [2.24, 2.45) is 5.41 Å². The second-order valence-corrected chi connectivity index (χ2v) is 7.22. The number of hydrogen-bond acceptors (Lipinski definition) is 4.